The van der Waals surface area contributed by atoms with E-state index in [4.69, 9.17) is 10.5 Å². The fourth-order valence-corrected chi connectivity index (χ4v) is 0.628. The summed E-state index contributed by atoms with van der Waals surface area (Å²) in [5.41, 5.74) is 5.89. The summed E-state index contributed by atoms with van der Waals surface area (Å²) in [4.78, 5) is 10.9. The normalized spacial score (nSPS) is 11.4. The highest BCUT2D eigenvalue weighted by Gasteiger charge is 2.01. The molecule has 0 saturated carbocycles. The molecule has 3 nitrogen and oxygen atoms in total. The Bertz CT molecular complexity index is 152. The van der Waals surface area contributed by atoms with Crippen molar-refractivity contribution in [3.63, 3.8) is 0 Å². The van der Waals surface area contributed by atoms with Gasteiger partial charge in [0.05, 0.1) is 6.61 Å². The third-order valence-corrected chi connectivity index (χ3v) is 1.21. The van der Waals surface area contributed by atoms with E-state index in [0.29, 0.717) is 18.7 Å². The number of esters is 1. The molecular formula is C8H15NO2. The fourth-order valence-electron chi connectivity index (χ4n) is 0.628. The van der Waals surface area contributed by atoms with Gasteiger partial charge in [-0.2, -0.15) is 0 Å². The minimum atomic E-state index is -0.249. The Morgan fingerprint density at radius 3 is 2.73 bits per heavy atom. The Hall–Kier alpha value is -0.830. The molecule has 0 aromatic rings. The Morgan fingerprint density at radius 2 is 2.27 bits per heavy atom. The molecule has 0 spiro atoms. The molecule has 0 radical (unpaired) electrons. The molecule has 64 valence electrons. The lowest BCUT2D eigenvalue weighted by Gasteiger charge is -2.00. The molecule has 0 aromatic carbocycles. The summed E-state index contributed by atoms with van der Waals surface area (Å²) < 4.78 is 4.75. The summed E-state index contributed by atoms with van der Waals surface area (Å²) in [5, 5.41) is 0. The third kappa shape index (κ3) is 4.56. The van der Waals surface area contributed by atoms with Crippen molar-refractivity contribution in [3.05, 3.63) is 11.6 Å². The van der Waals surface area contributed by atoms with Gasteiger partial charge in [0, 0.05) is 5.57 Å². The maximum absolute atomic E-state index is 10.9. The molecule has 11 heavy (non-hydrogen) atoms. The standard InChI is InChI=1S/C8H15NO2/c1-3-11-8(10)7(2)5-4-6-9/h5H,3-4,6,9H2,1-2H3/b7-5-. The molecular weight excluding hydrogens is 142 g/mol. The zero-order valence-electron chi connectivity index (χ0n) is 7.09. The van der Waals surface area contributed by atoms with Crippen LogP contribution < -0.4 is 5.73 Å². The van der Waals surface area contributed by atoms with Crippen LogP contribution in [0.1, 0.15) is 20.3 Å². The van der Waals surface area contributed by atoms with Gasteiger partial charge in [-0.1, -0.05) is 6.08 Å². The van der Waals surface area contributed by atoms with Gasteiger partial charge in [-0.05, 0) is 26.8 Å². The van der Waals surface area contributed by atoms with E-state index >= 15 is 0 Å². The van der Waals surface area contributed by atoms with Crippen LogP contribution in [-0.2, 0) is 9.53 Å². The average molecular weight is 157 g/mol. The van der Waals surface area contributed by atoms with E-state index in [9.17, 15) is 4.79 Å². The lowest BCUT2D eigenvalue weighted by atomic mass is 10.2. The van der Waals surface area contributed by atoms with Crippen molar-refractivity contribution >= 4 is 5.97 Å². The highest BCUT2D eigenvalue weighted by molar-refractivity contribution is 5.87. The predicted molar refractivity (Wildman–Crippen MR) is 44.1 cm³/mol. The second kappa shape index (κ2) is 5.92. The molecule has 2 N–H and O–H groups in total. The van der Waals surface area contributed by atoms with Gasteiger partial charge in [0.1, 0.15) is 0 Å². The number of rotatable bonds is 4. The largest absolute Gasteiger partial charge is 0.463 e. The summed E-state index contributed by atoms with van der Waals surface area (Å²) in [6.07, 6.45) is 2.52. The lowest BCUT2D eigenvalue weighted by Crippen LogP contribution is -2.06. The first-order chi connectivity index (χ1) is 5.22. The van der Waals surface area contributed by atoms with Crippen molar-refractivity contribution in [2.45, 2.75) is 20.3 Å². The average Bonchev–Trinajstić information content (AvgIpc) is 2.00. The van der Waals surface area contributed by atoms with Crippen molar-refractivity contribution in [1.82, 2.24) is 0 Å². The molecule has 0 bridgehead atoms. The Labute approximate surface area is 67.2 Å². The Morgan fingerprint density at radius 1 is 1.64 bits per heavy atom. The smallest absolute Gasteiger partial charge is 0.333 e. The van der Waals surface area contributed by atoms with Gasteiger partial charge < -0.3 is 10.5 Å². The topological polar surface area (TPSA) is 52.3 Å². The van der Waals surface area contributed by atoms with Crippen molar-refractivity contribution in [2.75, 3.05) is 13.2 Å². The molecule has 0 heterocycles. The van der Waals surface area contributed by atoms with Crippen LogP contribution in [0.25, 0.3) is 0 Å². The van der Waals surface area contributed by atoms with Gasteiger partial charge in [0.15, 0.2) is 0 Å². The van der Waals surface area contributed by atoms with Crippen LogP contribution in [0.2, 0.25) is 0 Å². The van der Waals surface area contributed by atoms with Crippen LogP contribution in [0.5, 0.6) is 0 Å². The highest BCUT2D eigenvalue weighted by Crippen LogP contribution is 1.97. The van der Waals surface area contributed by atoms with E-state index < -0.39 is 0 Å². The quantitative estimate of drug-likeness (QED) is 0.486. The molecule has 0 aliphatic rings. The van der Waals surface area contributed by atoms with Crippen molar-refractivity contribution in [1.29, 1.82) is 0 Å². The number of hydrogen-bond donors (Lipinski definition) is 1. The molecule has 3 heteroatoms. The van der Waals surface area contributed by atoms with Crippen LogP contribution in [0, 0.1) is 0 Å². The molecule has 0 unspecified atom stereocenters. The highest BCUT2D eigenvalue weighted by atomic mass is 16.5. The van der Waals surface area contributed by atoms with E-state index in [0.717, 1.165) is 6.42 Å². The third-order valence-electron chi connectivity index (χ3n) is 1.21. The van der Waals surface area contributed by atoms with Crippen molar-refractivity contribution < 1.29 is 9.53 Å². The van der Waals surface area contributed by atoms with Crippen LogP contribution in [0.15, 0.2) is 11.6 Å². The van der Waals surface area contributed by atoms with Gasteiger partial charge in [-0.3, -0.25) is 0 Å². The SMILES string of the molecule is CCOC(=O)/C(C)=C\CCN. The number of carbonyl (C=O) groups excluding carboxylic acids is 1. The molecule has 0 aliphatic carbocycles. The van der Waals surface area contributed by atoms with E-state index in [1.54, 1.807) is 19.9 Å². The van der Waals surface area contributed by atoms with E-state index in [1.807, 2.05) is 0 Å². The van der Waals surface area contributed by atoms with Crippen molar-refractivity contribution in [3.8, 4) is 0 Å². The number of carbonyl (C=O) groups is 1. The van der Waals surface area contributed by atoms with Gasteiger partial charge in [-0.25, -0.2) is 4.79 Å². The van der Waals surface area contributed by atoms with Crippen LogP contribution in [-0.4, -0.2) is 19.1 Å². The first-order valence-electron chi connectivity index (χ1n) is 3.76. The number of hydrogen-bond acceptors (Lipinski definition) is 3. The van der Waals surface area contributed by atoms with Crippen LogP contribution >= 0.6 is 0 Å². The van der Waals surface area contributed by atoms with Gasteiger partial charge in [0.25, 0.3) is 0 Å². The predicted octanol–water partition coefficient (Wildman–Crippen LogP) is 0.845. The van der Waals surface area contributed by atoms with E-state index in [2.05, 4.69) is 0 Å². The Kier molecular flexibility index (Phi) is 5.47. The number of nitrogens with two attached hydrogens (primary N) is 1. The van der Waals surface area contributed by atoms with Crippen molar-refractivity contribution in [2.24, 2.45) is 5.73 Å². The summed E-state index contributed by atoms with van der Waals surface area (Å²) in [5.74, 6) is -0.249. The van der Waals surface area contributed by atoms with E-state index in [1.165, 1.54) is 0 Å². The molecule has 0 aliphatic heterocycles. The first-order valence-corrected chi connectivity index (χ1v) is 3.76. The summed E-state index contributed by atoms with van der Waals surface area (Å²) in [6, 6.07) is 0. The van der Waals surface area contributed by atoms with Crippen LogP contribution in [0.4, 0.5) is 0 Å². The molecule has 0 saturated heterocycles. The van der Waals surface area contributed by atoms with E-state index in [-0.39, 0.29) is 5.97 Å². The minimum absolute atomic E-state index is 0.249. The number of ether oxygens (including phenoxy) is 1. The maximum atomic E-state index is 10.9. The van der Waals surface area contributed by atoms with Gasteiger partial charge in [0.2, 0.25) is 0 Å². The molecule has 0 aromatic heterocycles. The Balaban J connectivity index is 3.80. The lowest BCUT2D eigenvalue weighted by molar-refractivity contribution is -0.138. The zero-order chi connectivity index (χ0) is 8.69. The van der Waals surface area contributed by atoms with Gasteiger partial charge in [-0.15, -0.1) is 0 Å². The zero-order valence-corrected chi connectivity index (χ0v) is 7.09. The molecule has 0 amide bonds. The van der Waals surface area contributed by atoms with Gasteiger partial charge >= 0.3 is 5.97 Å². The molecule has 0 atom stereocenters. The monoisotopic (exact) mass is 157 g/mol. The van der Waals surface area contributed by atoms with Crippen LogP contribution in [0.3, 0.4) is 0 Å². The summed E-state index contributed by atoms with van der Waals surface area (Å²) in [6.45, 7) is 4.51. The second-order valence-corrected chi connectivity index (χ2v) is 2.18. The maximum Gasteiger partial charge on any atom is 0.333 e. The summed E-state index contributed by atoms with van der Waals surface area (Å²) >= 11 is 0. The fraction of sp³-hybridized carbons (Fsp3) is 0.625. The second-order valence-electron chi connectivity index (χ2n) is 2.18. The first kappa shape index (κ1) is 10.2. The minimum Gasteiger partial charge on any atom is -0.463 e. The molecule has 0 rings (SSSR count). The molecule has 0 fully saturated rings. The summed E-state index contributed by atoms with van der Waals surface area (Å²) in [7, 11) is 0.